The summed E-state index contributed by atoms with van der Waals surface area (Å²) in [6.07, 6.45) is 8.98. The van der Waals surface area contributed by atoms with Crippen LogP contribution in [0.4, 0.5) is 0 Å². The molecule has 0 bridgehead atoms. The van der Waals surface area contributed by atoms with Crippen molar-refractivity contribution in [1.82, 2.24) is 9.80 Å². The quantitative estimate of drug-likeness (QED) is 0.0394. The van der Waals surface area contributed by atoms with Gasteiger partial charge in [-0.2, -0.15) is 0 Å². The first kappa shape index (κ1) is 58.7. The van der Waals surface area contributed by atoms with E-state index in [-0.39, 0.29) is 75.6 Å². The van der Waals surface area contributed by atoms with Crippen molar-refractivity contribution in [3.63, 3.8) is 0 Å². The van der Waals surface area contributed by atoms with Crippen molar-refractivity contribution in [1.29, 1.82) is 0 Å². The number of unbranched alkanes of at least 4 members (excludes halogenated alkanes) is 6. The number of carbonyl (C=O) groups excluding carboxylic acids is 4. The van der Waals surface area contributed by atoms with Crippen molar-refractivity contribution in [2.75, 3.05) is 52.6 Å². The van der Waals surface area contributed by atoms with Crippen molar-refractivity contribution in [2.45, 2.75) is 117 Å². The van der Waals surface area contributed by atoms with Gasteiger partial charge in [0.15, 0.2) is 13.2 Å². The number of amides is 2. The van der Waals surface area contributed by atoms with Crippen LogP contribution in [0.25, 0.3) is 0 Å². The molecule has 0 radical (unpaired) electrons. The fourth-order valence-electron chi connectivity index (χ4n) is 7.17. The molecule has 2 amide bonds. The Balaban J connectivity index is 0.000000453. The van der Waals surface area contributed by atoms with Gasteiger partial charge >= 0.3 is 37.7 Å². The molecule has 0 saturated heterocycles. The summed E-state index contributed by atoms with van der Waals surface area (Å²) >= 11 is 0. The van der Waals surface area contributed by atoms with Crippen LogP contribution < -0.4 is 19.7 Å². The molecule has 12 nitrogen and oxygen atoms in total. The van der Waals surface area contributed by atoms with Crippen LogP contribution >= 0.6 is 0 Å². The molecule has 4 rings (SSSR count). The standard InChI is InChI=1S/2C27H37NO5.Ca/c2*1-3-5-6-10-18-28(19-17-22-11-8-7-9-12-22)26(29)21-33-24-15-13-23(14-16-24)20-25(27(30)31)32-4-2;/h2*7-9,11-16,25H,3-6,10,17-21H2,1-2H3,(H,30,31);/q;;+2/p-2/t2*25-;/m00./s1. The van der Waals surface area contributed by atoms with E-state index in [2.05, 4.69) is 38.1 Å². The number of aliphatic carboxylic acids is 2. The molecular weight excluding hydrogens is 877 g/mol. The van der Waals surface area contributed by atoms with E-state index in [9.17, 15) is 29.4 Å². The molecule has 0 aliphatic rings. The molecule has 0 unspecified atom stereocenters. The van der Waals surface area contributed by atoms with E-state index in [1.165, 1.54) is 24.0 Å². The number of carboxylic acid groups (broad SMARTS) is 2. The molecule has 0 N–H and O–H groups in total. The maximum Gasteiger partial charge on any atom is 2.00 e. The van der Waals surface area contributed by atoms with Crippen molar-refractivity contribution in [2.24, 2.45) is 0 Å². The van der Waals surface area contributed by atoms with Crippen molar-refractivity contribution in [3.8, 4) is 11.5 Å². The van der Waals surface area contributed by atoms with Crippen LogP contribution in [0.5, 0.6) is 11.5 Å². The van der Waals surface area contributed by atoms with Gasteiger partial charge in [0.1, 0.15) is 23.7 Å². The smallest absolute Gasteiger partial charge is 0.547 e. The summed E-state index contributed by atoms with van der Waals surface area (Å²) in [5.41, 5.74) is 4.03. The van der Waals surface area contributed by atoms with Gasteiger partial charge in [-0.3, -0.25) is 9.59 Å². The fraction of sp³-hybridized carbons (Fsp3) is 0.481. The van der Waals surface area contributed by atoms with Gasteiger partial charge in [-0.15, -0.1) is 0 Å². The Bertz CT molecular complexity index is 1790. The van der Waals surface area contributed by atoms with E-state index < -0.39 is 24.1 Å². The summed E-state index contributed by atoms with van der Waals surface area (Å²) in [7, 11) is 0. The van der Waals surface area contributed by atoms with Crippen molar-refractivity contribution >= 4 is 61.5 Å². The third kappa shape index (κ3) is 24.9. The average molecular weight is 949 g/mol. The number of hydrogen-bond acceptors (Lipinski definition) is 10. The summed E-state index contributed by atoms with van der Waals surface area (Å²) in [5, 5.41) is 22.3. The van der Waals surface area contributed by atoms with Gasteiger partial charge in [0.25, 0.3) is 11.8 Å². The number of carbonyl (C=O) groups is 4. The number of benzene rings is 4. The van der Waals surface area contributed by atoms with E-state index in [4.69, 9.17) is 18.9 Å². The summed E-state index contributed by atoms with van der Waals surface area (Å²) in [4.78, 5) is 51.8. The van der Waals surface area contributed by atoms with E-state index in [0.717, 1.165) is 75.6 Å². The molecule has 0 heterocycles. The van der Waals surface area contributed by atoms with E-state index in [1.54, 1.807) is 62.4 Å². The van der Waals surface area contributed by atoms with Crippen LogP contribution in [0.1, 0.15) is 101 Å². The van der Waals surface area contributed by atoms with Gasteiger partial charge in [-0.05, 0) is 86.1 Å². The van der Waals surface area contributed by atoms with Gasteiger partial charge in [0, 0.05) is 52.2 Å². The van der Waals surface area contributed by atoms with Crippen LogP contribution in [-0.2, 0) is 54.3 Å². The second-order valence-corrected chi connectivity index (χ2v) is 16.2. The van der Waals surface area contributed by atoms with Crippen molar-refractivity contribution in [3.05, 3.63) is 131 Å². The van der Waals surface area contributed by atoms with Gasteiger partial charge in [-0.25, -0.2) is 0 Å². The van der Waals surface area contributed by atoms with E-state index in [0.29, 0.717) is 37.8 Å². The molecule has 0 spiro atoms. The molecular formula is C54H72CaN2O10. The number of rotatable bonds is 32. The van der Waals surface area contributed by atoms with E-state index >= 15 is 0 Å². The largest absolute Gasteiger partial charge is 2.00 e. The molecule has 4 aromatic rings. The zero-order valence-electron chi connectivity index (χ0n) is 40.4. The molecule has 2 atom stereocenters. The Labute approximate surface area is 429 Å². The Kier molecular flexibility index (Phi) is 31.2. The van der Waals surface area contributed by atoms with Gasteiger partial charge in [-0.1, -0.05) is 137 Å². The van der Waals surface area contributed by atoms with Crippen LogP contribution in [0, 0.1) is 0 Å². The Morgan fingerprint density at radius 3 is 1.13 bits per heavy atom. The zero-order valence-corrected chi connectivity index (χ0v) is 42.6. The third-order valence-electron chi connectivity index (χ3n) is 11.0. The monoisotopic (exact) mass is 948 g/mol. The Morgan fingerprint density at radius 1 is 0.463 bits per heavy atom. The van der Waals surface area contributed by atoms with Crippen molar-refractivity contribution < 1.29 is 48.3 Å². The maximum absolute atomic E-state index is 12.9. The first-order valence-corrected chi connectivity index (χ1v) is 23.8. The van der Waals surface area contributed by atoms with Gasteiger partial charge < -0.3 is 48.5 Å². The van der Waals surface area contributed by atoms with Crippen LogP contribution in [0.3, 0.4) is 0 Å². The van der Waals surface area contributed by atoms with Gasteiger partial charge in [0.05, 0.1) is 11.9 Å². The molecule has 0 aromatic heterocycles. The average Bonchev–Trinajstić information content (AvgIpc) is 3.33. The molecule has 0 aliphatic carbocycles. The number of ether oxygens (including phenoxy) is 4. The summed E-state index contributed by atoms with van der Waals surface area (Å²) in [6, 6.07) is 34.5. The molecule has 4 aromatic carbocycles. The molecule has 67 heavy (non-hydrogen) atoms. The summed E-state index contributed by atoms with van der Waals surface area (Å²) in [5.74, 6) is -1.36. The first-order valence-electron chi connectivity index (χ1n) is 23.8. The first-order chi connectivity index (χ1) is 32.1. The second kappa shape index (κ2) is 35.7. The molecule has 0 fully saturated rings. The topological polar surface area (TPSA) is 158 Å². The van der Waals surface area contributed by atoms with Crippen LogP contribution in [-0.4, -0.2) is 136 Å². The minimum absolute atomic E-state index is 0. The minimum atomic E-state index is -1.22. The normalized spacial score (nSPS) is 11.5. The van der Waals surface area contributed by atoms with Gasteiger partial charge in [0.2, 0.25) is 0 Å². The molecule has 0 aliphatic heterocycles. The van der Waals surface area contributed by atoms with Crippen LogP contribution in [0.2, 0.25) is 0 Å². The fourth-order valence-corrected chi connectivity index (χ4v) is 7.17. The SMILES string of the molecule is CCCCCCN(CCc1ccccc1)C(=O)COc1ccc(C[C@H](OCC)C(=O)[O-])cc1.CCCCCCN(CCc1ccccc1)C(=O)COc1ccc(C[C@H](OCC)C(=O)[O-])cc1.[Ca+2]. The number of nitrogens with zero attached hydrogens (tertiary/aromatic N) is 2. The van der Waals surface area contributed by atoms with E-state index in [1.807, 2.05) is 46.2 Å². The van der Waals surface area contributed by atoms with Crippen LogP contribution in [0.15, 0.2) is 109 Å². The third-order valence-corrected chi connectivity index (χ3v) is 11.0. The number of carboxylic acids is 2. The predicted octanol–water partition coefficient (Wildman–Crippen LogP) is 6.45. The predicted molar refractivity (Wildman–Crippen MR) is 260 cm³/mol. The number of hydrogen-bond donors (Lipinski definition) is 0. The summed E-state index contributed by atoms with van der Waals surface area (Å²) in [6.45, 7) is 11.2. The molecule has 13 heteroatoms. The Hall–Kier alpha value is -4.46. The zero-order chi connectivity index (χ0) is 47.8. The minimum Gasteiger partial charge on any atom is -0.547 e. The molecule has 0 saturated carbocycles. The molecule has 360 valence electrons. The second-order valence-electron chi connectivity index (χ2n) is 16.2. The Morgan fingerprint density at radius 2 is 0.821 bits per heavy atom. The maximum atomic E-state index is 12.9. The summed E-state index contributed by atoms with van der Waals surface area (Å²) < 4.78 is 21.9.